The summed E-state index contributed by atoms with van der Waals surface area (Å²) >= 11 is 0. The summed E-state index contributed by atoms with van der Waals surface area (Å²) in [6, 6.07) is 4.80. The van der Waals surface area contributed by atoms with E-state index in [1.807, 2.05) is 7.05 Å². The number of aryl methyl sites for hydroxylation is 3. The van der Waals surface area contributed by atoms with E-state index in [1.54, 1.807) is 0 Å². The van der Waals surface area contributed by atoms with Crippen LogP contribution in [0.15, 0.2) is 12.1 Å². The lowest BCUT2D eigenvalue weighted by molar-refractivity contribution is 0.0625. The van der Waals surface area contributed by atoms with Gasteiger partial charge in [-0.15, -0.1) is 0 Å². The molecule has 96 valence electrons. The number of rotatable bonds is 5. The van der Waals surface area contributed by atoms with Crippen molar-refractivity contribution < 1.29 is 4.74 Å². The molecule has 0 aliphatic rings. The van der Waals surface area contributed by atoms with Crippen LogP contribution in [0.5, 0.6) is 0 Å². The van der Waals surface area contributed by atoms with Gasteiger partial charge in [0.2, 0.25) is 0 Å². The zero-order chi connectivity index (χ0) is 13.0. The predicted molar refractivity (Wildman–Crippen MR) is 73.5 cm³/mol. The molecule has 1 aromatic rings. The van der Waals surface area contributed by atoms with Crippen LogP contribution in [0.25, 0.3) is 0 Å². The van der Waals surface area contributed by atoms with Crippen LogP contribution >= 0.6 is 0 Å². The van der Waals surface area contributed by atoms with E-state index in [1.165, 1.54) is 22.3 Å². The third-order valence-electron chi connectivity index (χ3n) is 3.20. The fraction of sp³-hybridized carbons (Fsp3) is 0.600. The Morgan fingerprint density at radius 1 is 1.06 bits per heavy atom. The van der Waals surface area contributed by atoms with Gasteiger partial charge in [-0.25, -0.2) is 0 Å². The molecule has 2 nitrogen and oxygen atoms in total. The first kappa shape index (κ1) is 14.2. The monoisotopic (exact) mass is 235 g/mol. The summed E-state index contributed by atoms with van der Waals surface area (Å²) in [5.41, 5.74) is 5.37. The van der Waals surface area contributed by atoms with E-state index in [0.717, 1.165) is 6.61 Å². The molecule has 1 aromatic carbocycles. The van der Waals surface area contributed by atoms with Gasteiger partial charge in [-0.2, -0.15) is 0 Å². The van der Waals surface area contributed by atoms with Crippen molar-refractivity contribution in [2.45, 2.75) is 46.8 Å². The molecule has 1 atom stereocenters. The highest BCUT2D eigenvalue weighted by Gasteiger charge is 2.13. The van der Waals surface area contributed by atoms with E-state index in [2.05, 4.69) is 52.1 Å². The van der Waals surface area contributed by atoms with Gasteiger partial charge in [0.1, 0.15) is 0 Å². The molecule has 1 rings (SSSR count). The summed E-state index contributed by atoms with van der Waals surface area (Å²) in [7, 11) is 1.99. The first-order chi connectivity index (χ1) is 7.95. The Morgan fingerprint density at radius 2 is 1.65 bits per heavy atom. The van der Waals surface area contributed by atoms with Crippen LogP contribution in [0.3, 0.4) is 0 Å². The second kappa shape index (κ2) is 6.18. The lowest BCUT2D eigenvalue weighted by Crippen LogP contribution is -2.24. The molecule has 0 aliphatic carbocycles. The number of hydrogen-bond acceptors (Lipinski definition) is 2. The Bertz CT molecular complexity index is 371. The molecule has 2 heteroatoms. The van der Waals surface area contributed by atoms with Gasteiger partial charge in [0, 0.05) is 0 Å². The van der Waals surface area contributed by atoms with Crippen LogP contribution in [0, 0.1) is 20.8 Å². The second-order valence-electron chi connectivity index (χ2n) is 5.02. The normalized spacial score (nSPS) is 13.1. The zero-order valence-electron chi connectivity index (χ0n) is 11.9. The highest BCUT2D eigenvalue weighted by Crippen LogP contribution is 2.22. The lowest BCUT2D eigenvalue weighted by atomic mass is 9.96. The van der Waals surface area contributed by atoms with Gasteiger partial charge < -0.3 is 10.1 Å². The van der Waals surface area contributed by atoms with E-state index in [-0.39, 0.29) is 12.1 Å². The summed E-state index contributed by atoms with van der Waals surface area (Å²) in [5, 5.41) is 3.34. The minimum absolute atomic E-state index is 0.275. The van der Waals surface area contributed by atoms with Crippen molar-refractivity contribution in [1.82, 2.24) is 5.32 Å². The highest BCUT2D eigenvalue weighted by molar-refractivity contribution is 5.38. The van der Waals surface area contributed by atoms with Crippen molar-refractivity contribution in [2.75, 3.05) is 13.7 Å². The minimum Gasteiger partial charge on any atom is -0.377 e. The van der Waals surface area contributed by atoms with Crippen molar-refractivity contribution in [3.05, 3.63) is 34.4 Å². The molecule has 0 aliphatic heterocycles. The Labute approximate surface area is 105 Å². The van der Waals surface area contributed by atoms with Crippen LogP contribution in [0.4, 0.5) is 0 Å². The fourth-order valence-corrected chi connectivity index (χ4v) is 1.98. The van der Waals surface area contributed by atoms with Gasteiger partial charge in [0.25, 0.3) is 0 Å². The van der Waals surface area contributed by atoms with E-state index >= 15 is 0 Å². The van der Waals surface area contributed by atoms with Crippen molar-refractivity contribution in [1.29, 1.82) is 0 Å². The van der Waals surface area contributed by atoms with E-state index in [9.17, 15) is 0 Å². The smallest absolute Gasteiger partial charge is 0.0664 e. The van der Waals surface area contributed by atoms with Crippen molar-refractivity contribution in [3.63, 3.8) is 0 Å². The third kappa shape index (κ3) is 3.83. The van der Waals surface area contributed by atoms with Gasteiger partial charge in [-0.05, 0) is 63.9 Å². The molecule has 0 spiro atoms. The average molecular weight is 235 g/mol. The molecule has 0 bridgehead atoms. The van der Waals surface area contributed by atoms with Crippen LogP contribution < -0.4 is 5.32 Å². The van der Waals surface area contributed by atoms with Gasteiger partial charge in [0.15, 0.2) is 0 Å². The summed E-state index contributed by atoms with van der Waals surface area (Å²) in [4.78, 5) is 0. The first-order valence-corrected chi connectivity index (χ1v) is 6.32. The van der Waals surface area contributed by atoms with E-state index < -0.39 is 0 Å². The van der Waals surface area contributed by atoms with Gasteiger partial charge in [0.05, 0.1) is 18.8 Å². The Hall–Kier alpha value is -0.860. The predicted octanol–water partition coefficient (Wildman–Crippen LogP) is 3.30. The summed E-state index contributed by atoms with van der Waals surface area (Å²) < 4.78 is 5.71. The first-order valence-electron chi connectivity index (χ1n) is 6.32. The molecule has 0 aromatic heterocycles. The quantitative estimate of drug-likeness (QED) is 0.845. The maximum Gasteiger partial charge on any atom is 0.0664 e. The fourth-order valence-electron chi connectivity index (χ4n) is 1.98. The van der Waals surface area contributed by atoms with Crippen LogP contribution in [-0.2, 0) is 4.74 Å². The second-order valence-corrected chi connectivity index (χ2v) is 5.02. The molecule has 0 heterocycles. The zero-order valence-corrected chi connectivity index (χ0v) is 11.9. The lowest BCUT2D eigenvalue weighted by Gasteiger charge is -2.21. The molecule has 0 radical (unpaired) electrons. The van der Waals surface area contributed by atoms with Gasteiger partial charge in [-0.1, -0.05) is 12.1 Å². The van der Waals surface area contributed by atoms with E-state index in [4.69, 9.17) is 4.74 Å². The molecule has 1 unspecified atom stereocenters. The standard InChI is InChI=1S/C15H25NO/c1-10(2)17-9-15(16-6)14-8-12(4)11(3)7-13(14)5/h7-8,10,15-16H,9H2,1-6H3. The van der Waals surface area contributed by atoms with Crippen molar-refractivity contribution >= 4 is 0 Å². The van der Waals surface area contributed by atoms with Crippen LogP contribution in [-0.4, -0.2) is 19.8 Å². The van der Waals surface area contributed by atoms with E-state index in [0.29, 0.717) is 0 Å². The third-order valence-corrected chi connectivity index (χ3v) is 3.20. The number of likely N-dealkylation sites (N-methyl/N-ethyl adjacent to an activating group) is 1. The number of nitrogens with one attached hydrogen (secondary N) is 1. The summed E-state index contributed by atoms with van der Waals surface area (Å²) in [5.74, 6) is 0. The molecule has 0 fully saturated rings. The molecule has 17 heavy (non-hydrogen) atoms. The molecule has 1 N–H and O–H groups in total. The number of benzene rings is 1. The molecule has 0 amide bonds. The number of hydrogen-bond donors (Lipinski definition) is 1. The topological polar surface area (TPSA) is 21.3 Å². The molecule has 0 saturated heterocycles. The average Bonchev–Trinajstić information content (AvgIpc) is 2.25. The summed E-state index contributed by atoms with van der Waals surface area (Å²) in [6.45, 7) is 11.3. The summed E-state index contributed by atoms with van der Waals surface area (Å²) in [6.07, 6.45) is 0.276. The molecular weight excluding hydrogens is 210 g/mol. The SMILES string of the molecule is CNC(COC(C)C)c1cc(C)c(C)cc1C. The Kier molecular flexibility index (Phi) is 5.16. The maximum absolute atomic E-state index is 5.71. The van der Waals surface area contributed by atoms with Gasteiger partial charge in [-0.3, -0.25) is 0 Å². The maximum atomic E-state index is 5.71. The van der Waals surface area contributed by atoms with Gasteiger partial charge >= 0.3 is 0 Å². The van der Waals surface area contributed by atoms with Crippen LogP contribution in [0.2, 0.25) is 0 Å². The van der Waals surface area contributed by atoms with Crippen LogP contribution in [0.1, 0.15) is 42.1 Å². The molecule has 0 saturated carbocycles. The van der Waals surface area contributed by atoms with Crippen molar-refractivity contribution in [3.8, 4) is 0 Å². The van der Waals surface area contributed by atoms with Crippen molar-refractivity contribution in [2.24, 2.45) is 0 Å². The molecular formula is C15H25NO. The Balaban J connectivity index is 2.91. The highest BCUT2D eigenvalue weighted by atomic mass is 16.5. The Morgan fingerprint density at radius 3 is 2.18 bits per heavy atom. The minimum atomic E-state index is 0.275. The largest absolute Gasteiger partial charge is 0.377 e. The number of ether oxygens (including phenoxy) is 1.